The summed E-state index contributed by atoms with van der Waals surface area (Å²) in [6.45, 7) is 3.30. The number of hydrogen-bond donors (Lipinski definition) is 1. The molecule has 140 valence electrons. The van der Waals surface area contributed by atoms with Crippen LogP contribution in [0.5, 0.6) is 5.75 Å². The molecule has 0 aliphatic heterocycles. The molecule has 1 heterocycles. The Labute approximate surface area is 156 Å². The maximum atomic E-state index is 9.41. The SMILES string of the molecule is CCCCCCCCCCCCCCCC[n+]1cccc(O)c1.[Cl-]. The highest BCUT2D eigenvalue weighted by molar-refractivity contribution is 5.09. The Morgan fingerprint density at radius 2 is 1.21 bits per heavy atom. The Balaban J connectivity index is 0.00000529. The standard InChI is InChI=1S/C21H37NO.ClH/c1-2-3-4-5-6-7-8-9-10-11-12-13-14-15-18-22-19-16-17-21(23)20-22;/h16-17,19-20H,2-15,18H2,1H3;1H. The van der Waals surface area contributed by atoms with Gasteiger partial charge >= 0.3 is 0 Å². The molecule has 1 aromatic heterocycles. The lowest BCUT2D eigenvalue weighted by atomic mass is 10.0. The molecule has 0 atom stereocenters. The van der Waals surface area contributed by atoms with E-state index in [9.17, 15) is 5.11 Å². The zero-order valence-electron chi connectivity index (χ0n) is 15.7. The number of nitrogens with zero attached hydrogens (tertiary/aromatic N) is 1. The fourth-order valence-corrected chi connectivity index (χ4v) is 3.14. The third kappa shape index (κ3) is 13.7. The zero-order chi connectivity index (χ0) is 16.6. The summed E-state index contributed by atoms with van der Waals surface area (Å²) < 4.78 is 2.08. The Morgan fingerprint density at radius 3 is 1.67 bits per heavy atom. The van der Waals surface area contributed by atoms with Gasteiger partial charge in [0.15, 0.2) is 11.9 Å². The number of rotatable bonds is 15. The molecule has 0 bridgehead atoms. The summed E-state index contributed by atoms with van der Waals surface area (Å²) in [5.41, 5.74) is 0. The quantitative estimate of drug-likeness (QED) is 0.379. The lowest BCUT2D eigenvalue weighted by Gasteiger charge is -2.03. The van der Waals surface area contributed by atoms with Crippen molar-refractivity contribution < 1.29 is 22.1 Å². The van der Waals surface area contributed by atoms with Crippen LogP contribution in [0, 0.1) is 0 Å². The smallest absolute Gasteiger partial charge is 0.210 e. The maximum absolute atomic E-state index is 9.41. The molecule has 0 unspecified atom stereocenters. The highest BCUT2D eigenvalue weighted by Gasteiger charge is 2.01. The average molecular weight is 356 g/mol. The maximum Gasteiger partial charge on any atom is 0.210 e. The van der Waals surface area contributed by atoms with Gasteiger partial charge in [0.05, 0.1) is 0 Å². The van der Waals surface area contributed by atoms with Gasteiger partial charge in [0, 0.05) is 12.5 Å². The number of pyridine rings is 1. The fraction of sp³-hybridized carbons (Fsp3) is 0.762. The van der Waals surface area contributed by atoms with E-state index in [1.807, 2.05) is 18.5 Å². The van der Waals surface area contributed by atoms with Gasteiger partial charge in [-0.1, -0.05) is 84.0 Å². The van der Waals surface area contributed by atoms with Crippen molar-refractivity contribution in [3.05, 3.63) is 24.5 Å². The first kappa shape index (κ1) is 23.2. The molecule has 2 nitrogen and oxygen atoms in total. The van der Waals surface area contributed by atoms with Crippen molar-refractivity contribution in [2.75, 3.05) is 0 Å². The molecular weight excluding hydrogens is 318 g/mol. The van der Waals surface area contributed by atoms with E-state index in [4.69, 9.17) is 0 Å². The lowest BCUT2D eigenvalue weighted by Crippen LogP contribution is -3.00. The molecule has 0 amide bonds. The predicted octanol–water partition coefficient (Wildman–Crippen LogP) is 3.17. The van der Waals surface area contributed by atoms with Gasteiger partial charge in [-0.25, -0.2) is 4.57 Å². The van der Waals surface area contributed by atoms with Crippen LogP contribution in [0.3, 0.4) is 0 Å². The molecule has 1 aromatic rings. The number of hydrogen-bond acceptors (Lipinski definition) is 1. The molecule has 0 radical (unpaired) electrons. The van der Waals surface area contributed by atoms with Crippen molar-refractivity contribution in [2.45, 2.75) is 103 Å². The lowest BCUT2D eigenvalue weighted by molar-refractivity contribution is -0.697. The summed E-state index contributed by atoms with van der Waals surface area (Å²) in [6.07, 6.45) is 23.4. The van der Waals surface area contributed by atoms with Crippen LogP contribution in [0.1, 0.15) is 96.8 Å². The summed E-state index contributed by atoms with van der Waals surface area (Å²) in [6, 6.07) is 3.63. The Morgan fingerprint density at radius 1 is 0.750 bits per heavy atom. The molecule has 0 aliphatic carbocycles. The molecule has 0 spiro atoms. The third-order valence-electron chi connectivity index (χ3n) is 4.61. The van der Waals surface area contributed by atoms with Crippen molar-refractivity contribution in [3.63, 3.8) is 0 Å². The van der Waals surface area contributed by atoms with Gasteiger partial charge in [-0.2, -0.15) is 0 Å². The van der Waals surface area contributed by atoms with Crippen LogP contribution < -0.4 is 17.0 Å². The van der Waals surface area contributed by atoms with E-state index in [2.05, 4.69) is 11.5 Å². The number of halogens is 1. The first-order chi connectivity index (χ1) is 11.3. The summed E-state index contributed by atoms with van der Waals surface area (Å²) in [5.74, 6) is 0.359. The van der Waals surface area contributed by atoms with Crippen LogP contribution in [-0.4, -0.2) is 5.11 Å². The minimum atomic E-state index is 0. The molecule has 0 fully saturated rings. The molecule has 3 heteroatoms. The zero-order valence-corrected chi connectivity index (χ0v) is 16.4. The minimum absolute atomic E-state index is 0. The monoisotopic (exact) mass is 355 g/mol. The van der Waals surface area contributed by atoms with Crippen molar-refractivity contribution in [3.8, 4) is 5.75 Å². The van der Waals surface area contributed by atoms with Crippen LogP contribution in [0.2, 0.25) is 0 Å². The van der Waals surface area contributed by atoms with Crippen molar-refractivity contribution in [1.29, 1.82) is 0 Å². The van der Waals surface area contributed by atoms with E-state index in [0.29, 0.717) is 5.75 Å². The van der Waals surface area contributed by atoms with Crippen molar-refractivity contribution in [1.82, 2.24) is 0 Å². The van der Waals surface area contributed by atoms with Crippen molar-refractivity contribution in [2.24, 2.45) is 0 Å². The molecule has 0 saturated carbocycles. The van der Waals surface area contributed by atoms with Gasteiger partial charge in [-0.3, -0.25) is 0 Å². The summed E-state index contributed by atoms with van der Waals surface area (Å²) in [5, 5.41) is 9.41. The summed E-state index contributed by atoms with van der Waals surface area (Å²) in [4.78, 5) is 0. The first-order valence-electron chi connectivity index (χ1n) is 10.0. The van der Waals surface area contributed by atoms with E-state index in [1.54, 1.807) is 6.07 Å². The molecule has 1 rings (SSSR count). The van der Waals surface area contributed by atoms with Crippen LogP contribution in [0.15, 0.2) is 24.5 Å². The van der Waals surface area contributed by atoms with Crippen LogP contribution in [-0.2, 0) is 6.54 Å². The average Bonchev–Trinajstić information content (AvgIpc) is 2.55. The predicted molar refractivity (Wildman–Crippen MR) is 98.6 cm³/mol. The topological polar surface area (TPSA) is 24.1 Å². The first-order valence-corrected chi connectivity index (χ1v) is 10.0. The molecule has 24 heavy (non-hydrogen) atoms. The van der Waals surface area contributed by atoms with E-state index < -0.39 is 0 Å². The van der Waals surface area contributed by atoms with E-state index >= 15 is 0 Å². The van der Waals surface area contributed by atoms with Gasteiger partial charge < -0.3 is 17.5 Å². The Hall–Kier alpha value is -0.760. The number of aryl methyl sites for hydroxylation is 1. The largest absolute Gasteiger partial charge is 1.00 e. The molecular formula is C21H38ClNO. The number of unbranched alkanes of at least 4 members (excludes halogenated alkanes) is 13. The van der Waals surface area contributed by atoms with Gasteiger partial charge in [0.2, 0.25) is 6.20 Å². The number of aromatic nitrogens is 1. The van der Waals surface area contributed by atoms with Gasteiger partial charge in [-0.15, -0.1) is 0 Å². The second-order valence-electron chi connectivity index (χ2n) is 6.90. The summed E-state index contributed by atoms with van der Waals surface area (Å²) in [7, 11) is 0. The molecule has 0 aliphatic rings. The second kappa shape index (κ2) is 17.1. The van der Waals surface area contributed by atoms with Gasteiger partial charge in [0.1, 0.15) is 6.54 Å². The van der Waals surface area contributed by atoms with E-state index in [1.165, 1.54) is 89.9 Å². The highest BCUT2D eigenvalue weighted by atomic mass is 35.5. The normalized spacial score (nSPS) is 10.5. The van der Waals surface area contributed by atoms with E-state index in [-0.39, 0.29) is 12.4 Å². The molecule has 0 saturated heterocycles. The van der Waals surface area contributed by atoms with Gasteiger partial charge in [-0.05, 0) is 12.5 Å². The Bertz CT molecular complexity index is 384. The second-order valence-corrected chi connectivity index (χ2v) is 6.90. The number of aromatic hydroxyl groups is 1. The molecule has 1 N–H and O–H groups in total. The fourth-order valence-electron chi connectivity index (χ4n) is 3.14. The Kier molecular flexibility index (Phi) is 16.5. The van der Waals surface area contributed by atoms with Crippen LogP contribution >= 0.6 is 0 Å². The summed E-state index contributed by atoms with van der Waals surface area (Å²) >= 11 is 0. The minimum Gasteiger partial charge on any atom is -1.00 e. The third-order valence-corrected chi connectivity index (χ3v) is 4.61. The van der Waals surface area contributed by atoms with Crippen LogP contribution in [0.25, 0.3) is 0 Å². The van der Waals surface area contributed by atoms with Gasteiger partial charge in [0.25, 0.3) is 0 Å². The van der Waals surface area contributed by atoms with E-state index in [0.717, 1.165) is 6.54 Å². The molecule has 0 aromatic carbocycles. The van der Waals surface area contributed by atoms with Crippen LogP contribution in [0.4, 0.5) is 0 Å². The van der Waals surface area contributed by atoms with Crippen molar-refractivity contribution >= 4 is 0 Å². The highest BCUT2D eigenvalue weighted by Crippen LogP contribution is 2.13.